The summed E-state index contributed by atoms with van der Waals surface area (Å²) in [7, 11) is -3.74. The molecule has 9 heteroatoms. The number of pyridine rings is 1. The van der Waals surface area contributed by atoms with Crippen molar-refractivity contribution in [2.75, 3.05) is 26.2 Å². The molecule has 0 unspecified atom stereocenters. The van der Waals surface area contributed by atoms with Gasteiger partial charge in [-0.3, -0.25) is 4.79 Å². The van der Waals surface area contributed by atoms with Crippen molar-refractivity contribution in [3.05, 3.63) is 71.1 Å². The summed E-state index contributed by atoms with van der Waals surface area (Å²) in [4.78, 5) is 18.9. The van der Waals surface area contributed by atoms with Gasteiger partial charge in [-0.15, -0.1) is 0 Å². The van der Waals surface area contributed by atoms with E-state index in [1.54, 1.807) is 35.2 Å². The third-order valence-corrected chi connectivity index (χ3v) is 7.22. The molecule has 0 spiro atoms. The Bertz CT molecular complexity index is 1200. The maximum absolute atomic E-state index is 13.1. The van der Waals surface area contributed by atoms with Gasteiger partial charge in [0.2, 0.25) is 10.0 Å². The van der Waals surface area contributed by atoms with E-state index in [1.807, 2.05) is 0 Å². The summed E-state index contributed by atoms with van der Waals surface area (Å²) in [5.74, 6) is -0.651. The molecule has 4 rings (SSSR count). The Kier molecular flexibility index (Phi) is 5.73. The van der Waals surface area contributed by atoms with Gasteiger partial charge < -0.3 is 4.90 Å². The summed E-state index contributed by atoms with van der Waals surface area (Å²) in [6.07, 6.45) is 0.511. The Morgan fingerprint density at radius 1 is 0.967 bits per heavy atom. The first-order chi connectivity index (χ1) is 14.3. The molecule has 1 aromatic heterocycles. The minimum absolute atomic E-state index is 0.0457. The number of benzene rings is 2. The molecule has 1 fully saturated rings. The molecule has 0 radical (unpaired) electrons. The summed E-state index contributed by atoms with van der Waals surface area (Å²) in [6.45, 7) is 1.20. The fourth-order valence-electron chi connectivity index (χ4n) is 3.51. The fraction of sp³-hybridized carbons (Fsp3) is 0.238. The van der Waals surface area contributed by atoms with Crippen LogP contribution in [0.3, 0.4) is 0 Å². The Balaban J connectivity index is 1.50. The van der Waals surface area contributed by atoms with Crippen molar-refractivity contribution in [2.24, 2.45) is 0 Å². The number of amides is 1. The number of nitrogens with zero attached hydrogens (tertiary/aromatic N) is 3. The minimum Gasteiger partial charge on any atom is -0.337 e. The maximum Gasteiger partial charge on any atom is 0.253 e. The lowest BCUT2D eigenvalue weighted by molar-refractivity contribution is 0.0764. The molecule has 6 nitrogen and oxygen atoms in total. The van der Waals surface area contributed by atoms with Gasteiger partial charge in [-0.05, 0) is 61.0 Å². The average molecular weight is 448 g/mol. The molecule has 1 amide bonds. The number of hydrogen-bond acceptors (Lipinski definition) is 4. The van der Waals surface area contributed by atoms with Crippen LogP contribution in [0.15, 0.2) is 59.5 Å². The standard InChI is InChI=1S/C21H19ClFN3O3S/c22-20-9-3-15-14-16(2-8-19(15)24-20)21(27)25-10-1-11-26(13-12-25)30(28,29)18-6-4-17(23)5-7-18/h2-9,14H,1,10-13H2. The first-order valence-corrected chi connectivity index (χ1v) is 11.3. The highest BCUT2D eigenvalue weighted by Gasteiger charge is 2.28. The number of carbonyl (C=O) groups excluding carboxylic acids is 1. The van der Waals surface area contributed by atoms with E-state index in [9.17, 15) is 17.6 Å². The number of sulfonamides is 1. The summed E-state index contributed by atoms with van der Waals surface area (Å²) in [5.41, 5.74) is 1.22. The van der Waals surface area contributed by atoms with Crippen molar-refractivity contribution in [1.29, 1.82) is 0 Å². The van der Waals surface area contributed by atoms with Crippen LogP contribution in [0.4, 0.5) is 4.39 Å². The van der Waals surface area contributed by atoms with E-state index in [1.165, 1.54) is 16.4 Å². The number of aromatic nitrogens is 1. The predicted octanol–water partition coefficient (Wildman–Crippen LogP) is 3.56. The topological polar surface area (TPSA) is 70.6 Å². The highest BCUT2D eigenvalue weighted by Crippen LogP contribution is 2.21. The predicted molar refractivity (Wildman–Crippen MR) is 112 cm³/mol. The van der Waals surface area contributed by atoms with Crippen molar-refractivity contribution in [2.45, 2.75) is 11.3 Å². The Labute approximate surface area is 178 Å². The smallest absolute Gasteiger partial charge is 0.253 e. The maximum atomic E-state index is 13.1. The number of fused-ring (bicyclic) bond motifs is 1. The van der Waals surface area contributed by atoms with Crippen LogP contribution in [0.2, 0.25) is 5.15 Å². The first-order valence-electron chi connectivity index (χ1n) is 9.46. The SMILES string of the molecule is O=C(c1ccc2nc(Cl)ccc2c1)N1CCCN(S(=O)(=O)c2ccc(F)cc2)CC1. The number of rotatable bonds is 3. The molecule has 3 aromatic rings. The average Bonchev–Trinajstić information content (AvgIpc) is 3.00. The Morgan fingerprint density at radius 2 is 1.73 bits per heavy atom. The Hall–Kier alpha value is -2.55. The number of halogens is 2. The van der Waals surface area contributed by atoms with Crippen LogP contribution in [-0.4, -0.2) is 54.7 Å². The highest BCUT2D eigenvalue weighted by molar-refractivity contribution is 7.89. The normalized spacial score (nSPS) is 15.9. The van der Waals surface area contributed by atoms with Gasteiger partial charge in [0.25, 0.3) is 5.91 Å². The van der Waals surface area contributed by atoms with Gasteiger partial charge in [-0.2, -0.15) is 4.31 Å². The summed E-state index contributed by atoms with van der Waals surface area (Å²) >= 11 is 5.90. The van der Waals surface area contributed by atoms with Crippen LogP contribution in [0.25, 0.3) is 10.9 Å². The van der Waals surface area contributed by atoms with E-state index in [0.29, 0.717) is 35.7 Å². The molecule has 2 heterocycles. The van der Waals surface area contributed by atoms with Gasteiger partial charge in [0.1, 0.15) is 11.0 Å². The number of hydrogen-bond donors (Lipinski definition) is 0. The molecule has 1 aliphatic heterocycles. The lowest BCUT2D eigenvalue weighted by Crippen LogP contribution is -2.37. The highest BCUT2D eigenvalue weighted by atomic mass is 35.5. The Morgan fingerprint density at radius 3 is 2.50 bits per heavy atom. The molecule has 156 valence electrons. The van der Waals surface area contributed by atoms with Gasteiger partial charge >= 0.3 is 0 Å². The molecule has 2 aromatic carbocycles. The molecule has 0 bridgehead atoms. The van der Waals surface area contributed by atoms with Crippen molar-refractivity contribution >= 4 is 38.4 Å². The van der Waals surface area contributed by atoms with E-state index < -0.39 is 15.8 Å². The molecule has 0 N–H and O–H groups in total. The summed E-state index contributed by atoms with van der Waals surface area (Å²) < 4.78 is 40.2. The van der Waals surface area contributed by atoms with Crippen molar-refractivity contribution in [3.63, 3.8) is 0 Å². The molecule has 0 aliphatic carbocycles. The van der Waals surface area contributed by atoms with E-state index in [0.717, 1.165) is 17.5 Å². The largest absolute Gasteiger partial charge is 0.337 e. The van der Waals surface area contributed by atoms with E-state index in [4.69, 9.17) is 11.6 Å². The quantitative estimate of drug-likeness (QED) is 0.575. The molecular formula is C21H19ClFN3O3S. The fourth-order valence-corrected chi connectivity index (χ4v) is 5.13. The molecule has 0 atom stereocenters. The van der Waals surface area contributed by atoms with Crippen LogP contribution >= 0.6 is 11.6 Å². The van der Waals surface area contributed by atoms with Crippen LogP contribution in [-0.2, 0) is 10.0 Å². The van der Waals surface area contributed by atoms with Crippen LogP contribution < -0.4 is 0 Å². The monoisotopic (exact) mass is 447 g/mol. The van der Waals surface area contributed by atoms with Crippen LogP contribution in [0, 0.1) is 5.82 Å². The third kappa shape index (κ3) is 4.16. The van der Waals surface area contributed by atoms with Gasteiger partial charge in [0.05, 0.1) is 10.4 Å². The lowest BCUT2D eigenvalue weighted by atomic mass is 10.1. The van der Waals surface area contributed by atoms with Gasteiger partial charge in [0, 0.05) is 37.1 Å². The van der Waals surface area contributed by atoms with E-state index >= 15 is 0 Å². The van der Waals surface area contributed by atoms with E-state index in [-0.39, 0.29) is 23.9 Å². The second kappa shape index (κ2) is 8.29. The van der Waals surface area contributed by atoms with Crippen molar-refractivity contribution < 1.29 is 17.6 Å². The third-order valence-electron chi connectivity index (χ3n) is 5.10. The number of carbonyl (C=O) groups is 1. The van der Waals surface area contributed by atoms with Crippen LogP contribution in [0.1, 0.15) is 16.8 Å². The van der Waals surface area contributed by atoms with Gasteiger partial charge in [0.15, 0.2) is 0 Å². The second-order valence-corrected chi connectivity index (χ2v) is 9.37. The van der Waals surface area contributed by atoms with Gasteiger partial charge in [-0.1, -0.05) is 11.6 Å². The first kappa shape index (κ1) is 20.7. The van der Waals surface area contributed by atoms with Crippen molar-refractivity contribution in [3.8, 4) is 0 Å². The molecule has 1 aliphatic rings. The van der Waals surface area contributed by atoms with Crippen molar-refractivity contribution in [1.82, 2.24) is 14.2 Å². The zero-order valence-electron chi connectivity index (χ0n) is 16.0. The molecule has 1 saturated heterocycles. The second-order valence-electron chi connectivity index (χ2n) is 7.05. The molecule has 0 saturated carbocycles. The minimum atomic E-state index is -3.74. The molecular weight excluding hydrogens is 429 g/mol. The summed E-state index contributed by atoms with van der Waals surface area (Å²) in [6, 6.07) is 13.5. The zero-order chi connectivity index (χ0) is 21.3. The lowest BCUT2D eigenvalue weighted by Gasteiger charge is -2.22. The molecule has 30 heavy (non-hydrogen) atoms. The van der Waals surface area contributed by atoms with Gasteiger partial charge in [-0.25, -0.2) is 17.8 Å². The zero-order valence-corrected chi connectivity index (χ0v) is 17.5. The van der Waals surface area contributed by atoms with Crippen LogP contribution in [0.5, 0.6) is 0 Å². The summed E-state index contributed by atoms with van der Waals surface area (Å²) in [5, 5.41) is 1.19. The van der Waals surface area contributed by atoms with E-state index in [2.05, 4.69) is 4.98 Å².